The quantitative estimate of drug-likeness (QED) is 0.876. The molecular formula is C15H21FN2O3. The molecule has 0 fully saturated rings. The maximum absolute atomic E-state index is 13.3. The lowest BCUT2D eigenvalue weighted by Crippen LogP contribution is -2.35. The first-order chi connectivity index (χ1) is 9.78. The molecule has 0 aromatic heterocycles. The van der Waals surface area contributed by atoms with Crippen LogP contribution in [0.25, 0.3) is 0 Å². The second-order valence-corrected chi connectivity index (χ2v) is 5.55. The van der Waals surface area contributed by atoms with E-state index >= 15 is 0 Å². The summed E-state index contributed by atoms with van der Waals surface area (Å²) in [5.74, 6) is -0.626. The molecule has 0 saturated heterocycles. The Labute approximate surface area is 123 Å². The molecular weight excluding hydrogens is 275 g/mol. The van der Waals surface area contributed by atoms with Gasteiger partial charge in [0.05, 0.1) is 0 Å². The molecule has 0 spiro atoms. The summed E-state index contributed by atoms with van der Waals surface area (Å²) >= 11 is 0. The Bertz CT molecular complexity index is 498. The molecule has 0 aliphatic rings. The van der Waals surface area contributed by atoms with Crippen molar-refractivity contribution in [3.8, 4) is 0 Å². The van der Waals surface area contributed by atoms with Gasteiger partial charge >= 0.3 is 6.09 Å². The molecule has 0 radical (unpaired) electrons. The predicted octanol–water partition coefficient (Wildman–Crippen LogP) is 2.36. The van der Waals surface area contributed by atoms with Gasteiger partial charge in [0.25, 0.3) is 0 Å². The van der Waals surface area contributed by atoms with Crippen molar-refractivity contribution < 1.29 is 18.7 Å². The topological polar surface area (TPSA) is 67.4 Å². The fourth-order valence-corrected chi connectivity index (χ4v) is 1.52. The molecule has 0 unspecified atom stereocenters. The van der Waals surface area contributed by atoms with Gasteiger partial charge < -0.3 is 15.4 Å². The molecule has 116 valence electrons. The third kappa shape index (κ3) is 7.29. The molecule has 21 heavy (non-hydrogen) atoms. The Hall–Kier alpha value is -2.11. The molecule has 6 heteroatoms. The van der Waals surface area contributed by atoms with E-state index in [1.165, 1.54) is 6.07 Å². The van der Waals surface area contributed by atoms with Crippen molar-refractivity contribution in [2.75, 3.05) is 6.54 Å². The van der Waals surface area contributed by atoms with Gasteiger partial charge in [-0.15, -0.1) is 0 Å². The molecule has 2 amide bonds. The van der Waals surface area contributed by atoms with Crippen molar-refractivity contribution in [1.82, 2.24) is 10.6 Å². The third-order valence-electron chi connectivity index (χ3n) is 2.45. The maximum Gasteiger partial charge on any atom is 0.407 e. The molecule has 0 atom stereocenters. The summed E-state index contributed by atoms with van der Waals surface area (Å²) in [5, 5.41) is 5.07. The summed E-state index contributed by atoms with van der Waals surface area (Å²) in [6.45, 7) is 5.56. The molecule has 0 saturated carbocycles. The van der Waals surface area contributed by atoms with Gasteiger partial charge in [-0.05, 0) is 26.8 Å². The lowest BCUT2D eigenvalue weighted by Gasteiger charge is -2.19. The zero-order valence-corrected chi connectivity index (χ0v) is 12.5. The standard InChI is InChI=1S/C15H21FN2O3/c1-15(2,3)21-14(20)17-9-8-13(19)18-10-11-6-4-5-7-12(11)16/h4-7H,8-10H2,1-3H3,(H,17,20)(H,18,19). The van der Waals surface area contributed by atoms with Crippen LogP contribution in [0.15, 0.2) is 24.3 Å². The van der Waals surface area contributed by atoms with E-state index < -0.39 is 11.7 Å². The van der Waals surface area contributed by atoms with E-state index in [2.05, 4.69) is 10.6 Å². The number of amides is 2. The molecule has 0 bridgehead atoms. The van der Waals surface area contributed by atoms with Crippen LogP contribution in [0, 0.1) is 5.82 Å². The largest absolute Gasteiger partial charge is 0.444 e. The predicted molar refractivity (Wildman–Crippen MR) is 77.1 cm³/mol. The van der Waals surface area contributed by atoms with Crippen LogP contribution in [-0.2, 0) is 16.1 Å². The van der Waals surface area contributed by atoms with E-state index in [1.807, 2.05) is 0 Å². The summed E-state index contributed by atoms with van der Waals surface area (Å²) in [4.78, 5) is 22.9. The number of nitrogens with one attached hydrogen (secondary N) is 2. The summed E-state index contributed by atoms with van der Waals surface area (Å²) in [7, 11) is 0. The minimum absolute atomic E-state index is 0.105. The number of alkyl carbamates (subject to hydrolysis) is 1. The number of benzene rings is 1. The van der Waals surface area contributed by atoms with Crippen LogP contribution in [-0.4, -0.2) is 24.1 Å². The van der Waals surface area contributed by atoms with Gasteiger partial charge in [-0.25, -0.2) is 9.18 Å². The van der Waals surface area contributed by atoms with E-state index in [0.29, 0.717) is 5.56 Å². The average Bonchev–Trinajstić information content (AvgIpc) is 2.35. The van der Waals surface area contributed by atoms with Crippen LogP contribution in [0.2, 0.25) is 0 Å². The first-order valence-electron chi connectivity index (χ1n) is 6.75. The maximum atomic E-state index is 13.3. The molecule has 5 nitrogen and oxygen atoms in total. The van der Waals surface area contributed by atoms with Gasteiger partial charge in [0.2, 0.25) is 5.91 Å². The average molecular weight is 296 g/mol. The van der Waals surface area contributed by atoms with E-state index in [9.17, 15) is 14.0 Å². The second kappa shape index (κ2) is 7.61. The highest BCUT2D eigenvalue weighted by Gasteiger charge is 2.15. The molecule has 2 N–H and O–H groups in total. The highest BCUT2D eigenvalue weighted by molar-refractivity contribution is 5.77. The molecule has 1 aromatic rings. The van der Waals surface area contributed by atoms with Crippen LogP contribution >= 0.6 is 0 Å². The summed E-state index contributed by atoms with van der Waals surface area (Å²) < 4.78 is 18.4. The molecule has 0 heterocycles. The number of ether oxygens (including phenoxy) is 1. The highest BCUT2D eigenvalue weighted by atomic mass is 19.1. The first kappa shape index (κ1) is 16.9. The lowest BCUT2D eigenvalue weighted by atomic mass is 10.2. The first-order valence-corrected chi connectivity index (χ1v) is 6.75. The molecule has 1 aromatic carbocycles. The van der Waals surface area contributed by atoms with Gasteiger partial charge in [-0.3, -0.25) is 4.79 Å². The second-order valence-electron chi connectivity index (χ2n) is 5.55. The minimum atomic E-state index is -0.572. The van der Waals surface area contributed by atoms with Crippen molar-refractivity contribution in [3.05, 3.63) is 35.6 Å². The fraction of sp³-hybridized carbons (Fsp3) is 0.467. The lowest BCUT2D eigenvalue weighted by molar-refractivity contribution is -0.121. The Kier molecular flexibility index (Phi) is 6.14. The monoisotopic (exact) mass is 296 g/mol. The molecule has 0 aliphatic heterocycles. The van der Waals surface area contributed by atoms with Crippen molar-refractivity contribution in [3.63, 3.8) is 0 Å². The smallest absolute Gasteiger partial charge is 0.407 e. The number of rotatable bonds is 5. The van der Waals surface area contributed by atoms with Crippen LogP contribution in [0.3, 0.4) is 0 Å². The number of hydrogen-bond acceptors (Lipinski definition) is 3. The molecule has 1 rings (SSSR count). The van der Waals surface area contributed by atoms with E-state index in [4.69, 9.17) is 4.74 Å². The van der Waals surface area contributed by atoms with E-state index in [1.54, 1.807) is 39.0 Å². The zero-order valence-electron chi connectivity index (χ0n) is 12.5. The van der Waals surface area contributed by atoms with E-state index in [0.717, 1.165) is 0 Å². The number of carbonyl (C=O) groups excluding carboxylic acids is 2. The van der Waals surface area contributed by atoms with Gasteiger partial charge in [-0.2, -0.15) is 0 Å². The number of carbonyl (C=O) groups is 2. The fourth-order valence-electron chi connectivity index (χ4n) is 1.52. The number of hydrogen-bond donors (Lipinski definition) is 2. The van der Waals surface area contributed by atoms with Crippen molar-refractivity contribution in [2.24, 2.45) is 0 Å². The van der Waals surface area contributed by atoms with Crippen LogP contribution in [0.4, 0.5) is 9.18 Å². The summed E-state index contributed by atoms with van der Waals surface area (Å²) in [6, 6.07) is 6.24. The van der Waals surface area contributed by atoms with Crippen molar-refractivity contribution in [1.29, 1.82) is 0 Å². The SMILES string of the molecule is CC(C)(C)OC(=O)NCCC(=O)NCc1ccccc1F. The van der Waals surface area contributed by atoms with Gasteiger partial charge in [0.15, 0.2) is 0 Å². The Morgan fingerprint density at radius 2 is 1.86 bits per heavy atom. The third-order valence-corrected chi connectivity index (χ3v) is 2.45. The Morgan fingerprint density at radius 1 is 1.19 bits per heavy atom. The summed E-state index contributed by atoms with van der Waals surface area (Å²) in [5.41, 5.74) is -0.150. The number of halogens is 1. The van der Waals surface area contributed by atoms with Crippen molar-refractivity contribution >= 4 is 12.0 Å². The van der Waals surface area contributed by atoms with Gasteiger partial charge in [-0.1, -0.05) is 18.2 Å². The van der Waals surface area contributed by atoms with Crippen molar-refractivity contribution in [2.45, 2.75) is 39.3 Å². The van der Waals surface area contributed by atoms with Crippen LogP contribution in [0.5, 0.6) is 0 Å². The van der Waals surface area contributed by atoms with Gasteiger partial charge in [0.1, 0.15) is 11.4 Å². The zero-order chi connectivity index (χ0) is 15.9. The Balaban J connectivity index is 2.23. The normalized spacial score (nSPS) is 10.9. The Morgan fingerprint density at radius 3 is 2.48 bits per heavy atom. The molecule has 0 aliphatic carbocycles. The van der Waals surface area contributed by atoms with E-state index in [-0.39, 0.29) is 31.2 Å². The van der Waals surface area contributed by atoms with Crippen LogP contribution < -0.4 is 10.6 Å². The highest BCUT2D eigenvalue weighted by Crippen LogP contribution is 2.06. The van der Waals surface area contributed by atoms with Gasteiger partial charge in [0, 0.05) is 25.1 Å². The minimum Gasteiger partial charge on any atom is -0.444 e. The van der Waals surface area contributed by atoms with Crippen LogP contribution in [0.1, 0.15) is 32.8 Å². The summed E-state index contributed by atoms with van der Waals surface area (Å²) in [6.07, 6.45) is -0.461.